The van der Waals surface area contributed by atoms with E-state index in [1.807, 2.05) is 0 Å². The molecule has 0 saturated carbocycles. The molecule has 45 heavy (non-hydrogen) atoms. The predicted octanol–water partition coefficient (Wildman–Crippen LogP) is 6.52. The van der Waals surface area contributed by atoms with Crippen LogP contribution in [-0.2, 0) is 6.42 Å². The second-order valence-electron chi connectivity index (χ2n) is 10.2. The average Bonchev–Trinajstić information content (AvgIpc) is 3.51. The van der Waals surface area contributed by atoms with E-state index in [1.54, 1.807) is 0 Å². The summed E-state index contributed by atoms with van der Waals surface area (Å²) in [6.45, 7) is 0. The number of fused-ring (bicyclic) bond motifs is 2. The van der Waals surface area contributed by atoms with Crippen molar-refractivity contribution < 1.29 is 55.6 Å². The minimum absolute atomic E-state index is 0.0303. The molecular weight excluding hydrogens is 609 g/mol. The van der Waals surface area contributed by atoms with Gasteiger partial charge in [0.05, 0.1) is 16.9 Å². The Bertz CT molecular complexity index is 1790. The highest BCUT2D eigenvalue weighted by Crippen LogP contribution is 2.43. The maximum Gasteiger partial charge on any atom is 0.586 e. The van der Waals surface area contributed by atoms with Crippen molar-refractivity contribution in [2.75, 3.05) is 11.9 Å². The number of anilines is 1. The molecule has 0 spiro atoms. The SMILES string of the molecule is CN(C(=O)c1cccc(-n2nc(OC(F)(F)F)c3c2C(Oc2ccc(C(=O)O)cc2)CCC3)c1)c1ccc2c(c1)OC(F)(F)O2. The highest BCUT2D eigenvalue weighted by molar-refractivity contribution is 6.06. The lowest BCUT2D eigenvalue weighted by atomic mass is 9.94. The Morgan fingerprint density at radius 1 is 1.02 bits per heavy atom. The van der Waals surface area contributed by atoms with Gasteiger partial charge in [-0.3, -0.25) is 4.79 Å². The Labute approximate surface area is 251 Å². The number of hydrogen-bond donors (Lipinski definition) is 1. The fourth-order valence-electron chi connectivity index (χ4n) is 5.18. The lowest BCUT2D eigenvalue weighted by molar-refractivity contribution is -0.286. The Balaban J connectivity index is 1.34. The lowest BCUT2D eigenvalue weighted by Gasteiger charge is -2.25. The van der Waals surface area contributed by atoms with Gasteiger partial charge in [-0.2, -0.15) is 0 Å². The third kappa shape index (κ3) is 6.05. The summed E-state index contributed by atoms with van der Waals surface area (Å²) in [7, 11) is 1.41. The number of carbonyl (C=O) groups is 2. The number of carboxylic acid groups (broad SMARTS) is 1. The predicted molar refractivity (Wildman–Crippen MR) is 145 cm³/mol. The minimum atomic E-state index is -5.03. The summed E-state index contributed by atoms with van der Waals surface area (Å²) >= 11 is 0. The Kier molecular flexibility index (Phi) is 7.25. The van der Waals surface area contributed by atoms with Gasteiger partial charge in [0.15, 0.2) is 11.5 Å². The van der Waals surface area contributed by atoms with Gasteiger partial charge in [-0.1, -0.05) is 6.07 Å². The van der Waals surface area contributed by atoms with Crippen LogP contribution in [0.4, 0.5) is 27.6 Å². The van der Waals surface area contributed by atoms with Crippen molar-refractivity contribution in [3.05, 3.63) is 89.1 Å². The molecule has 1 N–H and O–H groups in total. The number of hydrogen-bond acceptors (Lipinski definition) is 7. The Morgan fingerprint density at radius 2 is 1.76 bits per heavy atom. The van der Waals surface area contributed by atoms with Gasteiger partial charge < -0.3 is 29.0 Å². The van der Waals surface area contributed by atoms with Gasteiger partial charge in [-0.15, -0.1) is 27.1 Å². The summed E-state index contributed by atoms with van der Waals surface area (Å²) in [6, 6.07) is 15.4. The molecule has 1 aliphatic heterocycles. The van der Waals surface area contributed by atoms with Crippen LogP contribution in [0.1, 0.15) is 50.9 Å². The van der Waals surface area contributed by atoms with E-state index in [2.05, 4.69) is 19.3 Å². The fraction of sp³-hybridized carbons (Fsp3) is 0.233. The van der Waals surface area contributed by atoms with E-state index in [0.717, 1.165) is 0 Å². The van der Waals surface area contributed by atoms with Crippen molar-refractivity contribution in [3.8, 4) is 28.8 Å². The molecule has 1 atom stereocenters. The van der Waals surface area contributed by atoms with E-state index in [1.165, 1.54) is 83.4 Å². The topological polar surface area (TPSA) is 112 Å². The number of ether oxygens (including phenoxy) is 4. The van der Waals surface area contributed by atoms with Gasteiger partial charge in [0, 0.05) is 29.9 Å². The van der Waals surface area contributed by atoms with Crippen LogP contribution in [0.25, 0.3) is 5.69 Å². The zero-order valence-corrected chi connectivity index (χ0v) is 23.2. The molecule has 0 radical (unpaired) electrons. The summed E-state index contributed by atoms with van der Waals surface area (Å²) in [6.07, 6.45) is -8.59. The van der Waals surface area contributed by atoms with Gasteiger partial charge in [0.2, 0.25) is 5.88 Å². The Hall–Kier alpha value is -5.34. The summed E-state index contributed by atoms with van der Waals surface area (Å²) in [5, 5.41) is 13.3. The first-order chi connectivity index (χ1) is 21.3. The van der Waals surface area contributed by atoms with Crippen molar-refractivity contribution in [2.24, 2.45) is 0 Å². The number of benzene rings is 3. The second-order valence-corrected chi connectivity index (χ2v) is 10.2. The minimum Gasteiger partial charge on any atom is -0.484 e. The number of carboxylic acids is 1. The third-order valence-corrected chi connectivity index (χ3v) is 7.19. The number of halogens is 5. The van der Waals surface area contributed by atoms with Gasteiger partial charge in [-0.25, -0.2) is 9.48 Å². The van der Waals surface area contributed by atoms with Gasteiger partial charge >= 0.3 is 18.6 Å². The molecule has 3 aromatic carbocycles. The average molecular weight is 632 g/mol. The number of carbonyl (C=O) groups excluding carboxylic acids is 1. The van der Waals surface area contributed by atoms with Crippen LogP contribution in [0, 0.1) is 0 Å². The molecule has 4 aromatic rings. The molecule has 1 aromatic heterocycles. The summed E-state index contributed by atoms with van der Waals surface area (Å²) in [4.78, 5) is 25.9. The highest BCUT2D eigenvalue weighted by atomic mass is 19.4. The molecule has 0 saturated heterocycles. The molecule has 1 aliphatic carbocycles. The van der Waals surface area contributed by atoms with Crippen LogP contribution in [0.3, 0.4) is 0 Å². The highest BCUT2D eigenvalue weighted by Gasteiger charge is 2.43. The van der Waals surface area contributed by atoms with Crippen molar-refractivity contribution in [3.63, 3.8) is 0 Å². The fourth-order valence-corrected chi connectivity index (χ4v) is 5.18. The van der Waals surface area contributed by atoms with Crippen molar-refractivity contribution in [1.29, 1.82) is 0 Å². The lowest BCUT2D eigenvalue weighted by Crippen LogP contribution is -2.26. The van der Waals surface area contributed by atoms with Crippen molar-refractivity contribution >= 4 is 17.6 Å². The quantitative estimate of drug-likeness (QED) is 0.230. The molecule has 1 unspecified atom stereocenters. The number of aromatic carboxylic acids is 1. The van der Waals surface area contributed by atoms with Crippen molar-refractivity contribution in [2.45, 2.75) is 38.0 Å². The van der Waals surface area contributed by atoms with Crippen molar-refractivity contribution in [1.82, 2.24) is 9.78 Å². The van der Waals surface area contributed by atoms with Crippen LogP contribution < -0.4 is 23.8 Å². The molecule has 0 bridgehead atoms. The van der Waals surface area contributed by atoms with Crippen LogP contribution in [0.2, 0.25) is 0 Å². The van der Waals surface area contributed by atoms with Crippen LogP contribution in [0.5, 0.6) is 23.1 Å². The molecule has 1 amide bonds. The molecule has 2 aliphatic rings. The number of amides is 1. The zero-order chi connectivity index (χ0) is 32.1. The molecule has 15 heteroatoms. The van der Waals surface area contributed by atoms with Crippen LogP contribution in [0.15, 0.2) is 66.7 Å². The van der Waals surface area contributed by atoms with E-state index in [4.69, 9.17) is 4.74 Å². The van der Waals surface area contributed by atoms with E-state index in [-0.39, 0.29) is 57.4 Å². The maximum atomic E-state index is 13.5. The van der Waals surface area contributed by atoms with E-state index in [9.17, 15) is 36.6 Å². The summed E-state index contributed by atoms with van der Waals surface area (Å²) < 4.78 is 87.5. The molecule has 234 valence electrons. The van der Waals surface area contributed by atoms with E-state index in [0.29, 0.717) is 12.8 Å². The summed E-state index contributed by atoms with van der Waals surface area (Å²) in [5.74, 6) is -2.51. The van der Waals surface area contributed by atoms with E-state index < -0.39 is 36.5 Å². The van der Waals surface area contributed by atoms with Gasteiger partial charge in [0.1, 0.15) is 11.9 Å². The first-order valence-electron chi connectivity index (χ1n) is 13.4. The number of alkyl halides is 5. The zero-order valence-electron chi connectivity index (χ0n) is 23.2. The van der Waals surface area contributed by atoms with E-state index >= 15 is 0 Å². The number of rotatable bonds is 7. The Morgan fingerprint density at radius 3 is 2.47 bits per heavy atom. The number of nitrogens with zero attached hydrogens (tertiary/aromatic N) is 3. The van der Waals surface area contributed by atoms with Crippen LogP contribution in [-0.4, -0.2) is 46.5 Å². The second kappa shape index (κ2) is 11.0. The molecule has 10 nitrogen and oxygen atoms in total. The standard InChI is InChI=1S/C30H22F5N3O7/c1-37(18-10-13-22-24(15-18)44-30(34,35)43-22)27(39)17-4-2-5-19(14-17)38-25-21(26(36-38)45-29(31,32)33)6-3-7-23(25)42-20-11-8-16(9-12-20)28(40)41/h2,4-5,8-15,23H,3,6-7H2,1H3,(H,40,41). The first kappa shape index (κ1) is 29.7. The largest absolute Gasteiger partial charge is 0.586 e. The molecule has 6 rings (SSSR count). The van der Waals surface area contributed by atoms with Crippen LogP contribution >= 0.6 is 0 Å². The molecule has 2 heterocycles. The first-order valence-corrected chi connectivity index (χ1v) is 13.4. The normalized spacial score (nSPS) is 16.5. The number of aromatic nitrogens is 2. The molecular formula is C30H22F5N3O7. The smallest absolute Gasteiger partial charge is 0.484 e. The third-order valence-electron chi connectivity index (χ3n) is 7.19. The molecule has 0 fully saturated rings. The summed E-state index contributed by atoms with van der Waals surface area (Å²) in [5.41, 5.74) is 1.03. The van der Waals surface area contributed by atoms with Gasteiger partial charge in [-0.05, 0) is 73.9 Å². The monoisotopic (exact) mass is 631 g/mol. The maximum absolute atomic E-state index is 13.5. The van der Waals surface area contributed by atoms with Gasteiger partial charge in [0.25, 0.3) is 5.91 Å².